The first-order valence-electron chi connectivity index (χ1n) is 13.1. The Morgan fingerprint density at radius 3 is 2.71 bits per heavy atom. The average molecular weight is 601 g/mol. The van der Waals surface area contributed by atoms with E-state index >= 15 is 0 Å². The van der Waals surface area contributed by atoms with Crippen molar-refractivity contribution in [2.45, 2.75) is 45.7 Å². The van der Waals surface area contributed by atoms with Gasteiger partial charge in [-0.3, -0.25) is 19.4 Å². The van der Waals surface area contributed by atoms with Crippen molar-refractivity contribution >= 4 is 64.1 Å². The molecule has 0 radical (unpaired) electrons. The molecule has 4 rings (SSSR count). The number of hydrogen-bond acceptors (Lipinski definition) is 9. The lowest BCUT2D eigenvalue weighted by molar-refractivity contribution is -0.144. The molecule has 0 aromatic carbocycles. The maximum atomic E-state index is 13.9. The van der Waals surface area contributed by atoms with Crippen LogP contribution in [0.2, 0.25) is 0 Å². The highest BCUT2D eigenvalue weighted by molar-refractivity contribution is 7.92. The third kappa shape index (κ3) is 7.18. The summed E-state index contributed by atoms with van der Waals surface area (Å²) in [7, 11) is 1.76. The van der Waals surface area contributed by atoms with E-state index in [1.807, 2.05) is 44.4 Å². The fraction of sp³-hybridized carbons (Fsp3) is 0.407. The van der Waals surface area contributed by atoms with Crippen molar-refractivity contribution in [2.75, 3.05) is 25.5 Å². The van der Waals surface area contributed by atoms with Crippen LogP contribution in [0.25, 0.3) is 17.0 Å². The number of thiazole rings is 1. The summed E-state index contributed by atoms with van der Waals surface area (Å²) < 4.78 is 14.5. The molecule has 0 bridgehead atoms. The van der Waals surface area contributed by atoms with E-state index in [0.29, 0.717) is 16.7 Å². The summed E-state index contributed by atoms with van der Waals surface area (Å²) in [4.78, 5) is 50.2. The maximum Gasteiger partial charge on any atom is 0.314 e. The van der Waals surface area contributed by atoms with Gasteiger partial charge in [0, 0.05) is 41.5 Å². The van der Waals surface area contributed by atoms with Crippen LogP contribution in [0.1, 0.15) is 39.3 Å². The quantitative estimate of drug-likeness (QED) is 0.212. The Kier molecular flexibility index (Phi) is 9.89. The number of amides is 3. The molecular weight excluding hydrogens is 567 g/mol. The number of pyridine rings is 1. The molecule has 11 nitrogen and oxygen atoms in total. The van der Waals surface area contributed by atoms with Gasteiger partial charge in [-0.15, -0.1) is 15.2 Å². The number of allylic oxidation sites excluding steroid dienone is 1. The molecule has 3 aromatic rings. The topological polar surface area (TPSA) is 134 Å². The first-order valence-corrected chi connectivity index (χ1v) is 14.7. The average Bonchev–Trinajstić information content (AvgIpc) is 3.33. The second-order valence-electron chi connectivity index (χ2n) is 10.2. The Morgan fingerprint density at radius 1 is 1.29 bits per heavy atom. The molecule has 0 saturated heterocycles. The molecule has 14 heteroatoms. The van der Waals surface area contributed by atoms with E-state index in [1.54, 1.807) is 12.6 Å². The van der Waals surface area contributed by atoms with E-state index < -0.39 is 23.3 Å². The molecule has 0 spiro atoms. The van der Waals surface area contributed by atoms with Crippen molar-refractivity contribution in [3.05, 3.63) is 52.9 Å². The number of carbonyl (C=O) groups excluding carboxylic acids is 3. The van der Waals surface area contributed by atoms with E-state index in [-0.39, 0.29) is 48.6 Å². The smallest absolute Gasteiger partial charge is 0.314 e. The summed E-state index contributed by atoms with van der Waals surface area (Å²) in [6, 6.07) is -0.888. The molecule has 1 aliphatic rings. The van der Waals surface area contributed by atoms with Crippen molar-refractivity contribution < 1.29 is 18.3 Å². The van der Waals surface area contributed by atoms with E-state index in [4.69, 9.17) is 0 Å². The van der Waals surface area contributed by atoms with Crippen molar-refractivity contribution in [3.8, 4) is 0 Å². The summed E-state index contributed by atoms with van der Waals surface area (Å²) >= 11 is 1.30. The van der Waals surface area contributed by atoms with Gasteiger partial charge in [-0.25, -0.2) is 4.98 Å². The van der Waals surface area contributed by atoms with Crippen LogP contribution >= 0.6 is 23.7 Å². The number of nitrogens with one attached hydrogen (secondary N) is 3. The summed E-state index contributed by atoms with van der Waals surface area (Å²) in [5.74, 6) is -1.85. The van der Waals surface area contributed by atoms with Crippen LogP contribution in [0.5, 0.6) is 0 Å². The molecule has 3 N–H and O–H groups in total. The highest BCUT2D eigenvalue weighted by atomic mass is 32.2. The number of likely N-dealkylation sites (N-methyl/N-ethyl adjacent to an activating group) is 1. The second kappa shape index (κ2) is 13.4. The third-order valence-corrected chi connectivity index (χ3v) is 8.07. The third-order valence-electron chi connectivity index (χ3n) is 7.06. The fourth-order valence-corrected chi connectivity index (χ4v) is 5.14. The van der Waals surface area contributed by atoms with Crippen LogP contribution in [0.4, 0.5) is 9.57 Å². The van der Waals surface area contributed by atoms with Gasteiger partial charge in [-0.2, -0.15) is 9.19 Å². The Bertz CT molecular complexity index is 1450. The number of hydrogen-bond donors (Lipinski definition) is 3. The number of fused-ring (bicyclic) bond motifs is 1. The zero-order valence-corrected chi connectivity index (χ0v) is 24.9. The van der Waals surface area contributed by atoms with E-state index in [9.17, 15) is 18.3 Å². The summed E-state index contributed by atoms with van der Waals surface area (Å²) in [5.41, 5.74) is 3.10. The van der Waals surface area contributed by atoms with Crippen molar-refractivity contribution in [3.63, 3.8) is 0 Å². The fourth-order valence-electron chi connectivity index (χ4n) is 4.28. The minimum atomic E-state index is -0.932. The molecule has 2 unspecified atom stereocenters. The molecule has 1 aliphatic carbocycles. The van der Waals surface area contributed by atoms with Crippen LogP contribution in [0.3, 0.4) is 0 Å². The largest absolute Gasteiger partial charge is 0.353 e. The number of rotatable bonds is 12. The van der Waals surface area contributed by atoms with Crippen LogP contribution in [0.15, 0.2) is 47.2 Å². The lowest BCUT2D eigenvalue weighted by Crippen LogP contribution is -2.54. The predicted octanol–water partition coefficient (Wildman–Crippen LogP) is 3.59. The SMILES string of the molecule is C/C=C\C(=C/c1cscn1)C(CNC(=O)C1(C)CC1)N(CC(C)NC)C(=O)C(=O)Nc1cncc2cnn(SF)c12. The molecule has 3 aromatic heterocycles. The molecule has 3 amide bonds. The maximum absolute atomic E-state index is 13.9. The molecule has 41 heavy (non-hydrogen) atoms. The molecular formula is C27H33FN8O3S2. The van der Waals surface area contributed by atoms with Crippen LogP contribution in [-0.2, 0) is 14.4 Å². The first kappa shape index (κ1) is 30.3. The Balaban J connectivity index is 1.70. The molecule has 218 valence electrons. The zero-order chi connectivity index (χ0) is 29.6. The second-order valence-corrected chi connectivity index (χ2v) is 11.4. The van der Waals surface area contributed by atoms with Crippen LogP contribution < -0.4 is 16.0 Å². The van der Waals surface area contributed by atoms with E-state index in [2.05, 4.69) is 31.0 Å². The lowest BCUT2D eigenvalue weighted by atomic mass is 10.0. The number of nitrogens with zero attached hydrogens (tertiary/aromatic N) is 5. The van der Waals surface area contributed by atoms with Crippen LogP contribution in [-0.4, -0.2) is 74.0 Å². The first-order chi connectivity index (χ1) is 19.7. The van der Waals surface area contributed by atoms with Gasteiger partial charge in [0.25, 0.3) is 0 Å². The highest BCUT2D eigenvalue weighted by Crippen LogP contribution is 2.45. The molecule has 1 saturated carbocycles. The standard InChI is InChI=1S/C27H33FN8O3S2/c1-5-6-18(9-20-15-40-16-32-20)22(13-31-26(39)27(3)7-8-27)35(14-17(2)29-4)25(38)24(37)34-21-12-30-10-19-11-33-36(41-28)23(19)21/h5-6,9-12,15-17,22,29H,7-8,13-14H2,1-4H3,(H,31,39)(H,34,37)/b6-5-,18-9+. The summed E-state index contributed by atoms with van der Waals surface area (Å²) in [5, 5.41) is 15.0. The molecule has 3 heterocycles. The highest BCUT2D eigenvalue weighted by Gasteiger charge is 2.45. The molecule has 1 fully saturated rings. The predicted molar refractivity (Wildman–Crippen MR) is 160 cm³/mol. The normalized spacial score (nSPS) is 16.0. The Labute approximate surface area is 246 Å². The molecule has 0 aliphatic heterocycles. The Hall–Kier alpha value is -3.62. The van der Waals surface area contributed by atoms with Crippen LogP contribution in [0, 0.1) is 5.41 Å². The lowest BCUT2D eigenvalue weighted by Gasteiger charge is -2.34. The number of carbonyl (C=O) groups is 3. The van der Waals surface area contributed by atoms with Gasteiger partial charge >= 0.3 is 11.8 Å². The van der Waals surface area contributed by atoms with Gasteiger partial charge in [0.2, 0.25) is 5.91 Å². The van der Waals surface area contributed by atoms with Crippen molar-refractivity contribution in [1.82, 2.24) is 34.7 Å². The monoisotopic (exact) mass is 600 g/mol. The van der Waals surface area contributed by atoms with Gasteiger partial charge < -0.3 is 20.9 Å². The van der Waals surface area contributed by atoms with Crippen molar-refractivity contribution in [2.24, 2.45) is 5.41 Å². The summed E-state index contributed by atoms with van der Waals surface area (Å²) in [6.07, 6.45) is 11.4. The van der Waals surface area contributed by atoms with Gasteiger partial charge in [-0.05, 0) is 45.4 Å². The Morgan fingerprint density at radius 2 is 2.07 bits per heavy atom. The summed E-state index contributed by atoms with van der Waals surface area (Å²) in [6.45, 7) is 5.90. The van der Waals surface area contributed by atoms with Gasteiger partial charge in [-0.1, -0.05) is 19.1 Å². The van der Waals surface area contributed by atoms with Gasteiger partial charge in [0.05, 0.1) is 35.3 Å². The number of halogens is 1. The number of anilines is 1. The van der Waals surface area contributed by atoms with Gasteiger partial charge in [0.15, 0.2) is 12.3 Å². The van der Waals surface area contributed by atoms with Gasteiger partial charge in [0.1, 0.15) is 5.52 Å². The van der Waals surface area contributed by atoms with E-state index in [0.717, 1.165) is 16.9 Å². The number of aromatic nitrogens is 4. The van der Waals surface area contributed by atoms with Crippen molar-refractivity contribution in [1.29, 1.82) is 0 Å². The minimum absolute atomic E-state index is 0.0899. The zero-order valence-electron chi connectivity index (χ0n) is 23.3. The molecule has 2 atom stereocenters. The van der Waals surface area contributed by atoms with E-state index in [1.165, 1.54) is 34.8 Å². The minimum Gasteiger partial charge on any atom is -0.353 e.